The first-order valence-electron chi connectivity index (χ1n) is 7.58. The molecule has 0 saturated carbocycles. The van der Waals surface area contributed by atoms with Crippen LogP contribution in [0.2, 0.25) is 0 Å². The zero-order valence-electron chi connectivity index (χ0n) is 13.2. The van der Waals surface area contributed by atoms with Gasteiger partial charge >= 0.3 is 0 Å². The smallest absolute Gasteiger partial charge is 0.229 e. The van der Waals surface area contributed by atoms with Gasteiger partial charge in [-0.2, -0.15) is 0 Å². The summed E-state index contributed by atoms with van der Waals surface area (Å²) in [6.45, 7) is 0.313. The number of amides is 2. The second kappa shape index (κ2) is 6.70. The van der Waals surface area contributed by atoms with E-state index in [1.165, 1.54) is 19.2 Å². The summed E-state index contributed by atoms with van der Waals surface area (Å²) in [5.41, 5.74) is 1.11. The van der Waals surface area contributed by atoms with Gasteiger partial charge in [-0.3, -0.25) is 9.59 Å². The monoisotopic (exact) mass is 328 g/mol. The van der Waals surface area contributed by atoms with Crippen molar-refractivity contribution >= 4 is 23.2 Å². The average Bonchev–Trinajstić information content (AvgIpc) is 2.98. The van der Waals surface area contributed by atoms with Crippen molar-refractivity contribution < 1.29 is 18.7 Å². The normalized spacial score (nSPS) is 17.0. The molecule has 1 aliphatic heterocycles. The van der Waals surface area contributed by atoms with Gasteiger partial charge in [0.15, 0.2) is 11.6 Å². The Balaban J connectivity index is 1.68. The Kier molecular flexibility index (Phi) is 4.46. The summed E-state index contributed by atoms with van der Waals surface area (Å²) < 4.78 is 18.5. The maximum atomic E-state index is 13.7. The molecule has 1 fully saturated rings. The van der Waals surface area contributed by atoms with E-state index in [2.05, 4.69) is 5.32 Å². The lowest BCUT2D eigenvalue weighted by atomic mass is 10.1. The number of rotatable bonds is 4. The van der Waals surface area contributed by atoms with Crippen molar-refractivity contribution in [1.82, 2.24) is 0 Å². The summed E-state index contributed by atoms with van der Waals surface area (Å²) in [6.07, 6.45) is 0.138. The highest BCUT2D eigenvalue weighted by Gasteiger charge is 2.35. The topological polar surface area (TPSA) is 58.6 Å². The minimum Gasteiger partial charge on any atom is -0.494 e. The Morgan fingerprint density at radius 3 is 2.67 bits per heavy atom. The molecule has 24 heavy (non-hydrogen) atoms. The van der Waals surface area contributed by atoms with Crippen molar-refractivity contribution in [3.8, 4) is 5.75 Å². The van der Waals surface area contributed by atoms with Crippen LogP contribution >= 0.6 is 0 Å². The van der Waals surface area contributed by atoms with Crippen LogP contribution in [0.5, 0.6) is 5.75 Å². The molecule has 6 heteroatoms. The van der Waals surface area contributed by atoms with E-state index in [1.807, 2.05) is 30.3 Å². The number of hydrogen-bond acceptors (Lipinski definition) is 3. The molecule has 5 nitrogen and oxygen atoms in total. The number of hydrogen-bond donors (Lipinski definition) is 1. The van der Waals surface area contributed by atoms with Crippen molar-refractivity contribution in [3.05, 3.63) is 54.3 Å². The number of methoxy groups -OCH3 is 1. The van der Waals surface area contributed by atoms with E-state index in [-0.39, 0.29) is 24.0 Å². The molecule has 3 rings (SSSR count). The number of carbonyl (C=O) groups is 2. The van der Waals surface area contributed by atoms with Crippen LogP contribution in [0.25, 0.3) is 0 Å². The van der Waals surface area contributed by atoms with Crippen molar-refractivity contribution in [1.29, 1.82) is 0 Å². The Labute approximate surface area is 139 Å². The zero-order valence-corrected chi connectivity index (χ0v) is 13.2. The van der Waals surface area contributed by atoms with Gasteiger partial charge in [-0.15, -0.1) is 0 Å². The second-order valence-corrected chi connectivity index (χ2v) is 5.58. The van der Waals surface area contributed by atoms with E-state index in [0.29, 0.717) is 12.2 Å². The lowest BCUT2D eigenvalue weighted by molar-refractivity contribution is -0.122. The maximum absolute atomic E-state index is 13.7. The van der Waals surface area contributed by atoms with Crippen molar-refractivity contribution in [2.75, 3.05) is 23.9 Å². The van der Waals surface area contributed by atoms with Gasteiger partial charge in [0.1, 0.15) is 0 Å². The predicted octanol–water partition coefficient (Wildman–Crippen LogP) is 2.83. The lowest BCUT2D eigenvalue weighted by Crippen LogP contribution is -2.28. The van der Waals surface area contributed by atoms with E-state index < -0.39 is 11.7 Å². The van der Waals surface area contributed by atoms with Crippen LogP contribution < -0.4 is 15.0 Å². The molecular formula is C18H17FN2O3. The molecule has 1 heterocycles. The average molecular weight is 328 g/mol. The van der Waals surface area contributed by atoms with Gasteiger partial charge in [-0.25, -0.2) is 4.39 Å². The van der Waals surface area contributed by atoms with Crippen LogP contribution in [0.15, 0.2) is 48.5 Å². The minimum atomic E-state index is -0.552. The standard InChI is InChI=1S/C18H17FN2O3/c1-24-16-8-7-13(10-15(16)19)20-18(23)12-9-17(22)21(11-12)14-5-3-2-4-6-14/h2-8,10,12H,9,11H2,1H3,(H,20,23)/t12-/m1/s1. The molecule has 0 aliphatic carbocycles. The highest BCUT2D eigenvalue weighted by atomic mass is 19.1. The van der Waals surface area contributed by atoms with E-state index in [4.69, 9.17) is 4.74 Å². The largest absolute Gasteiger partial charge is 0.494 e. The van der Waals surface area contributed by atoms with Crippen LogP contribution in [0, 0.1) is 11.7 Å². The van der Waals surface area contributed by atoms with Gasteiger partial charge < -0.3 is 15.0 Å². The molecule has 1 saturated heterocycles. The molecule has 0 unspecified atom stereocenters. The summed E-state index contributed by atoms with van der Waals surface area (Å²) in [5.74, 6) is -1.31. The highest BCUT2D eigenvalue weighted by Crippen LogP contribution is 2.26. The number of para-hydroxylation sites is 1. The molecule has 0 aromatic heterocycles. The molecule has 2 aromatic rings. The summed E-state index contributed by atoms with van der Waals surface area (Å²) >= 11 is 0. The lowest BCUT2D eigenvalue weighted by Gasteiger charge is -2.16. The van der Waals surface area contributed by atoms with E-state index in [0.717, 1.165) is 5.69 Å². The predicted molar refractivity (Wildman–Crippen MR) is 88.5 cm³/mol. The van der Waals surface area contributed by atoms with Crippen molar-refractivity contribution in [3.63, 3.8) is 0 Å². The molecule has 0 radical (unpaired) electrons. The molecule has 1 atom stereocenters. The van der Waals surface area contributed by atoms with Gasteiger partial charge in [0.05, 0.1) is 13.0 Å². The fraction of sp³-hybridized carbons (Fsp3) is 0.222. The fourth-order valence-corrected chi connectivity index (χ4v) is 2.73. The quantitative estimate of drug-likeness (QED) is 0.939. The van der Waals surface area contributed by atoms with Gasteiger partial charge in [0.25, 0.3) is 0 Å². The Hall–Kier alpha value is -2.89. The molecule has 124 valence electrons. The van der Waals surface area contributed by atoms with E-state index in [1.54, 1.807) is 11.0 Å². The number of carbonyl (C=O) groups excluding carboxylic acids is 2. The van der Waals surface area contributed by atoms with Crippen molar-refractivity contribution in [2.45, 2.75) is 6.42 Å². The fourth-order valence-electron chi connectivity index (χ4n) is 2.73. The van der Waals surface area contributed by atoms with Crippen LogP contribution in [-0.4, -0.2) is 25.5 Å². The molecule has 0 spiro atoms. The van der Waals surface area contributed by atoms with Gasteiger partial charge in [0.2, 0.25) is 11.8 Å². The summed E-state index contributed by atoms with van der Waals surface area (Å²) in [5, 5.41) is 2.66. The number of benzene rings is 2. The zero-order chi connectivity index (χ0) is 17.1. The summed E-state index contributed by atoms with van der Waals surface area (Å²) in [7, 11) is 1.37. The van der Waals surface area contributed by atoms with Crippen LogP contribution in [-0.2, 0) is 9.59 Å². The highest BCUT2D eigenvalue weighted by molar-refractivity contribution is 6.03. The third kappa shape index (κ3) is 3.22. The number of ether oxygens (including phenoxy) is 1. The molecule has 1 aliphatic rings. The molecule has 0 bridgehead atoms. The summed E-state index contributed by atoms with van der Waals surface area (Å²) in [6, 6.07) is 13.4. The number of nitrogens with one attached hydrogen (secondary N) is 1. The van der Waals surface area contributed by atoms with Crippen molar-refractivity contribution in [2.24, 2.45) is 5.92 Å². The maximum Gasteiger partial charge on any atom is 0.229 e. The third-order valence-electron chi connectivity index (χ3n) is 3.98. The molecule has 2 amide bonds. The second-order valence-electron chi connectivity index (χ2n) is 5.58. The van der Waals surface area contributed by atoms with Crippen LogP contribution in [0.4, 0.5) is 15.8 Å². The third-order valence-corrected chi connectivity index (χ3v) is 3.98. The number of anilines is 2. The Morgan fingerprint density at radius 1 is 1.25 bits per heavy atom. The SMILES string of the molecule is COc1ccc(NC(=O)[C@@H]2CC(=O)N(c3ccccc3)C2)cc1F. The number of nitrogens with zero attached hydrogens (tertiary/aromatic N) is 1. The minimum absolute atomic E-state index is 0.0951. The molecule has 1 N–H and O–H groups in total. The first-order chi connectivity index (χ1) is 11.6. The first kappa shape index (κ1) is 16.0. The van der Waals surface area contributed by atoms with E-state index in [9.17, 15) is 14.0 Å². The number of halogens is 1. The Bertz CT molecular complexity index is 764. The van der Waals surface area contributed by atoms with Crippen LogP contribution in [0.3, 0.4) is 0 Å². The summed E-state index contributed by atoms with van der Waals surface area (Å²) in [4.78, 5) is 26.1. The van der Waals surface area contributed by atoms with Gasteiger partial charge in [-0.05, 0) is 24.3 Å². The molecular weight excluding hydrogens is 311 g/mol. The van der Waals surface area contributed by atoms with E-state index >= 15 is 0 Å². The van der Waals surface area contributed by atoms with Crippen LogP contribution in [0.1, 0.15) is 6.42 Å². The van der Waals surface area contributed by atoms with Gasteiger partial charge in [-0.1, -0.05) is 18.2 Å². The Morgan fingerprint density at radius 2 is 2.00 bits per heavy atom. The first-order valence-corrected chi connectivity index (χ1v) is 7.58. The molecule has 2 aromatic carbocycles. The van der Waals surface area contributed by atoms with Gasteiger partial charge in [0, 0.05) is 30.4 Å².